The molecule has 3 aromatic heterocycles. The largest absolute Gasteiger partial charge is 0.294 e. The zero-order valence-electron chi connectivity index (χ0n) is 15.6. The van der Waals surface area contributed by atoms with Gasteiger partial charge < -0.3 is 0 Å². The Morgan fingerprint density at radius 2 is 1.33 bits per heavy atom. The third-order valence-electron chi connectivity index (χ3n) is 4.92. The monoisotopic (exact) mass is 352 g/mol. The molecule has 0 amide bonds. The molecule has 5 rings (SSSR count). The topological polar surface area (TPSA) is 43.6 Å². The van der Waals surface area contributed by atoms with Crippen LogP contribution in [0.1, 0.15) is 26.6 Å². The standard InChI is InChI=1S/C23H20N4/c1-23(2,3)22-26-20-18-16(11-7-13-24-18)17-12-8-14-25-19(17)21(20)27(22)15-9-5-4-6-10-15/h4-14H,1-3H3. The summed E-state index contributed by atoms with van der Waals surface area (Å²) in [5.41, 5.74) is 4.77. The van der Waals surface area contributed by atoms with Crippen LogP contribution in [0.2, 0.25) is 0 Å². The van der Waals surface area contributed by atoms with Crippen molar-refractivity contribution in [3.05, 3.63) is 72.8 Å². The van der Waals surface area contributed by atoms with Crippen LogP contribution in [0.15, 0.2) is 67.0 Å². The Hall–Kier alpha value is -3.27. The number of imidazole rings is 1. The van der Waals surface area contributed by atoms with Crippen molar-refractivity contribution in [3.8, 4) is 5.69 Å². The number of pyridine rings is 2. The fourth-order valence-electron chi connectivity index (χ4n) is 3.76. The molecule has 0 N–H and O–H groups in total. The summed E-state index contributed by atoms with van der Waals surface area (Å²) in [6.07, 6.45) is 3.69. The zero-order chi connectivity index (χ0) is 18.6. The molecule has 2 aromatic carbocycles. The molecule has 0 saturated carbocycles. The van der Waals surface area contributed by atoms with Crippen molar-refractivity contribution in [2.45, 2.75) is 26.2 Å². The maximum absolute atomic E-state index is 5.10. The molecule has 0 bridgehead atoms. The maximum atomic E-state index is 5.10. The van der Waals surface area contributed by atoms with Crippen molar-refractivity contribution < 1.29 is 0 Å². The van der Waals surface area contributed by atoms with Gasteiger partial charge in [-0.15, -0.1) is 0 Å². The van der Waals surface area contributed by atoms with Gasteiger partial charge in [-0.2, -0.15) is 0 Å². The van der Waals surface area contributed by atoms with Crippen LogP contribution in [0.25, 0.3) is 38.5 Å². The molecule has 0 atom stereocenters. The van der Waals surface area contributed by atoms with E-state index in [4.69, 9.17) is 9.97 Å². The lowest BCUT2D eigenvalue weighted by molar-refractivity contribution is 0.539. The number of para-hydroxylation sites is 1. The molecule has 5 aromatic rings. The van der Waals surface area contributed by atoms with Crippen molar-refractivity contribution in [2.24, 2.45) is 0 Å². The van der Waals surface area contributed by atoms with Gasteiger partial charge >= 0.3 is 0 Å². The molecule has 4 heteroatoms. The second-order valence-corrected chi connectivity index (χ2v) is 7.85. The van der Waals surface area contributed by atoms with Crippen LogP contribution < -0.4 is 0 Å². The van der Waals surface area contributed by atoms with Crippen LogP contribution in [-0.4, -0.2) is 19.5 Å². The van der Waals surface area contributed by atoms with E-state index >= 15 is 0 Å². The average molecular weight is 352 g/mol. The molecular weight excluding hydrogens is 332 g/mol. The lowest BCUT2D eigenvalue weighted by Crippen LogP contribution is -2.18. The first-order chi connectivity index (χ1) is 13.1. The Morgan fingerprint density at radius 3 is 2.00 bits per heavy atom. The highest BCUT2D eigenvalue weighted by atomic mass is 15.1. The summed E-state index contributed by atoms with van der Waals surface area (Å²) in [5.74, 6) is 1.01. The molecule has 0 spiro atoms. The van der Waals surface area contributed by atoms with Gasteiger partial charge in [-0.25, -0.2) is 4.98 Å². The quantitative estimate of drug-likeness (QED) is 0.378. The summed E-state index contributed by atoms with van der Waals surface area (Å²) in [7, 11) is 0. The molecule has 27 heavy (non-hydrogen) atoms. The van der Waals surface area contributed by atoms with Crippen LogP contribution in [0, 0.1) is 0 Å². The summed E-state index contributed by atoms with van der Waals surface area (Å²) >= 11 is 0. The van der Waals surface area contributed by atoms with Gasteiger partial charge in [0, 0.05) is 34.3 Å². The third-order valence-corrected chi connectivity index (χ3v) is 4.92. The first-order valence-corrected chi connectivity index (χ1v) is 9.15. The predicted octanol–water partition coefficient (Wildman–Crippen LogP) is 5.42. The molecule has 0 aliphatic heterocycles. The number of benzene rings is 2. The average Bonchev–Trinajstić information content (AvgIpc) is 3.10. The Labute approximate surface area is 157 Å². The van der Waals surface area contributed by atoms with Gasteiger partial charge in [0.25, 0.3) is 0 Å². The van der Waals surface area contributed by atoms with Crippen molar-refractivity contribution >= 4 is 32.8 Å². The highest BCUT2D eigenvalue weighted by molar-refractivity contribution is 6.21. The molecule has 0 fully saturated rings. The first kappa shape index (κ1) is 15.9. The number of nitrogens with zero attached hydrogens (tertiary/aromatic N) is 4. The minimum Gasteiger partial charge on any atom is -0.294 e. The van der Waals surface area contributed by atoms with Gasteiger partial charge in [0.1, 0.15) is 16.9 Å². The summed E-state index contributed by atoms with van der Waals surface area (Å²) in [5, 5.41) is 2.19. The number of fused-ring (bicyclic) bond motifs is 6. The van der Waals surface area contributed by atoms with E-state index in [1.807, 2.05) is 30.6 Å². The zero-order valence-corrected chi connectivity index (χ0v) is 15.6. The molecule has 0 aliphatic rings. The van der Waals surface area contributed by atoms with Crippen LogP contribution in [0.3, 0.4) is 0 Å². The summed E-state index contributed by atoms with van der Waals surface area (Å²) in [6.45, 7) is 6.58. The molecule has 0 aliphatic carbocycles. The first-order valence-electron chi connectivity index (χ1n) is 9.15. The molecule has 0 radical (unpaired) electrons. The number of rotatable bonds is 1. The minimum atomic E-state index is -0.128. The molecule has 3 heterocycles. The Balaban J connectivity index is 2.10. The second kappa shape index (κ2) is 5.61. The van der Waals surface area contributed by atoms with E-state index in [-0.39, 0.29) is 5.41 Å². The lowest BCUT2D eigenvalue weighted by Gasteiger charge is -2.20. The SMILES string of the molecule is CC(C)(C)c1nc2c3ncccc3c3cccnc3c2n1-c1ccccc1. The van der Waals surface area contributed by atoms with E-state index in [9.17, 15) is 0 Å². The van der Waals surface area contributed by atoms with E-state index in [0.717, 1.165) is 44.4 Å². The minimum absolute atomic E-state index is 0.128. The van der Waals surface area contributed by atoms with Crippen LogP contribution in [0.5, 0.6) is 0 Å². The maximum Gasteiger partial charge on any atom is 0.120 e. The van der Waals surface area contributed by atoms with Gasteiger partial charge in [0.15, 0.2) is 0 Å². The summed E-state index contributed by atoms with van der Waals surface area (Å²) in [4.78, 5) is 14.5. The lowest BCUT2D eigenvalue weighted by atomic mass is 9.95. The van der Waals surface area contributed by atoms with Gasteiger partial charge in [0.05, 0.1) is 11.0 Å². The normalized spacial score (nSPS) is 12.3. The van der Waals surface area contributed by atoms with Crippen LogP contribution >= 0.6 is 0 Å². The second-order valence-electron chi connectivity index (χ2n) is 7.85. The molecule has 4 nitrogen and oxygen atoms in total. The highest BCUT2D eigenvalue weighted by Crippen LogP contribution is 2.37. The van der Waals surface area contributed by atoms with E-state index in [1.165, 1.54) is 0 Å². The number of hydrogen-bond acceptors (Lipinski definition) is 3. The molecular formula is C23H20N4. The van der Waals surface area contributed by atoms with Gasteiger partial charge in [0.2, 0.25) is 0 Å². The number of aromatic nitrogens is 4. The third kappa shape index (κ3) is 2.33. The van der Waals surface area contributed by atoms with E-state index in [1.54, 1.807) is 0 Å². The predicted molar refractivity (Wildman–Crippen MR) is 110 cm³/mol. The summed E-state index contributed by atoms with van der Waals surface area (Å²) < 4.78 is 2.25. The van der Waals surface area contributed by atoms with Crippen LogP contribution in [0.4, 0.5) is 0 Å². The van der Waals surface area contributed by atoms with Gasteiger partial charge in [-0.1, -0.05) is 51.1 Å². The fraction of sp³-hybridized carbons (Fsp3) is 0.174. The number of hydrogen-bond donors (Lipinski definition) is 0. The van der Waals surface area contributed by atoms with Crippen molar-refractivity contribution in [1.29, 1.82) is 0 Å². The van der Waals surface area contributed by atoms with E-state index < -0.39 is 0 Å². The van der Waals surface area contributed by atoms with Crippen molar-refractivity contribution in [3.63, 3.8) is 0 Å². The highest BCUT2D eigenvalue weighted by Gasteiger charge is 2.26. The molecule has 0 saturated heterocycles. The Bertz CT molecular complexity index is 1290. The van der Waals surface area contributed by atoms with Crippen molar-refractivity contribution in [1.82, 2.24) is 19.5 Å². The van der Waals surface area contributed by atoms with Crippen molar-refractivity contribution in [2.75, 3.05) is 0 Å². The van der Waals surface area contributed by atoms with E-state index in [2.05, 4.69) is 66.7 Å². The van der Waals surface area contributed by atoms with E-state index in [0.29, 0.717) is 0 Å². The Morgan fingerprint density at radius 1 is 0.704 bits per heavy atom. The fourth-order valence-corrected chi connectivity index (χ4v) is 3.76. The van der Waals surface area contributed by atoms with Gasteiger partial charge in [-0.05, 0) is 24.3 Å². The molecule has 132 valence electrons. The smallest absolute Gasteiger partial charge is 0.120 e. The molecule has 0 unspecified atom stereocenters. The van der Waals surface area contributed by atoms with Gasteiger partial charge in [-0.3, -0.25) is 14.5 Å². The Kier molecular flexibility index (Phi) is 3.31. The summed E-state index contributed by atoms with van der Waals surface area (Å²) in [6, 6.07) is 18.6. The van der Waals surface area contributed by atoms with Crippen LogP contribution in [-0.2, 0) is 5.41 Å².